The van der Waals surface area contributed by atoms with Gasteiger partial charge in [-0.15, -0.1) is 0 Å². The molecule has 0 spiro atoms. The number of hydrogen-bond donors (Lipinski definition) is 0. The van der Waals surface area contributed by atoms with Crippen molar-refractivity contribution < 1.29 is 9.53 Å². The molecular weight excluding hydrogens is 212 g/mol. The van der Waals surface area contributed by atoms with Gasteiger partial charge in [-0.25, -0.2) is 4.79 Å². The zero-order valence-corrected chi connectivity index (χ0v) is 10.7. The summed E-state index contributed by atoms with van der Waals surface area (Å²) >= 11 is 0. The summed E-state index contributed by atoms with van der Waals surface area (Å²) in [6.07, 6.45) is 13.6. The third-order valence-corrected chi connectivity index (χ3v) is 4.49. The fraction of sp³-hybridized carbons (Fsp3) is 0.800. The van der Waals surface area contributed by atoms with Crippen LogP contribution in [0.3, 0.4) is 0 Å². The van der Waals surface area contributed by atoms with Crippen LogP contribution < -0.4 is 0 Å². The molecule has 0 aromatic rings. The molecule has 3 rings (SSSR count). The molecule has 0 atom stereocenters. The second kappa shape index (κ2) is 5.70. The van der Waals surface area contributed by atoms with E-state index in [-0.39, 0.29) is 11.6 Å². The third kappa shape index (κ3) is 3.34. The fourth-order valence-corrected chi connectivity index (χ4v) is 3.38. The van der Waals surface area contributed by atoms with E-state index in [1.54, 1.807) is 0 Å². The summed E-state index contributed by atoms with van der Waals surface area (Å²) < 4.78 is 5.69. The minimum absolute atomic E-state index is 0.154. The normalized spacial score (nSPS) is 34.0. The SMILES string of the molecule is C=CC(=O)OC12CCCCCCC(CC1)CC2. The maximum Gasteiger partial charge on any atom is 0.330 e. The zero-order valence-electron chi connectivity index (χ0n) is 10.7. The molecule has 0 unspecified atom stereocenters. The Morgan fingerprint density at radius 1 is 1.06 bits per heavy atom. The molecule has 0 amide bonds. The molecule has 0 aromatic heterocycles. The van der Waals surface area contributed by atoms with Gasteiger partial charge in [-0.3, -0.25) is 0 Å². The van der Waals surface area contributed by atoms with Gasteiger partial charge in [0.25, 0.3) is 0 Å². The molecule has 96 valence electrons. The second-order valence-electron chi connectivity index (χ2n) is 5.70. The minimum Gasteiger partial charge on any atom is -0.456 e. The van der Waals surface area contributed by atoms with Crippen LogP contribution in [0.5, 0.6) is 0 Å². The van der Waals surface area contributed by atoms with Gasteiger partial charge in [-0.2, -0.15) is 0 Å². The molecule has 3 aliphatic carbocycles. The first-order valence-electron chi connectivity index (χ1n) is 7.09. The largest absolute Gasteiger partial charge is 0.456 e. The lowest BCUT2D eigenvalue weighted by Crippen LogP contribution is -2.39. The molecule has 0 aliphatic heterocycles. The van der Waals surface area contributed by atoms with Crippen molar-refractivity contribution in [3.63, 3.8) is 0 Å². The molecule has 0 saturated heterocycles. The fourth-order valence-electron chi connectivity index (χ4n) is 3.38. The lowest BCUT2D eigenvalue weighted by Gasteiger charge is -2.40. The monoisotopic (exact) mass is 236 g/mol. The average molecular weight is 236 g/mol. The molecule has 2 heteroatoms. The van der Waals surface area contributed by atoms with Crippen LogP contribution in [-0.4, -0.2) is 11.6 Å². The van der Waals surface area contributed by atoms with E-state index < -0.39 is 0 Å². The smallest absolute Gasteiger partial charge is 0.330 e. The number of rotatable bonds is 2. The Balaban J connectivity index is 2.02. The Morgan fingerprint density at radius 3 is 2.47 bits per heavy atom. The van der Waals surface area contributed by atoms with Gasteiger partial charge in [0.1, 0.15) is 5.60 Å². The highest BCUT2D eigenvalue weighted by Crippen LogP contribution is 2.41. The van der Waals surface area contributed by atoms with E-state index in [0.717, 1.165) is 25.2 Å². The molecule has 0 heterocycles. The van der Waals surface area contributed by atoms with Gasteiger partial charge in [0, 0.05) is 6.08 Å². The maximum atomic E-state index is 11.5. The van der Waals surface area contributed by atoms with Crippen LogP contribution in [0.25, 0.3) is 0 Å². The number of fused-ring (bicyclic) bond motifs is 7. The summed E-state index contributed by atoms with van der Waals surface area (Å²) in [6.45, 7) is 3.51. The van der Waals surface area contributed by atoms with Gasteiger partial charge in [-0.05, 0) is 44.4 Å². The van der Waals surface area contributed by atoms with Crippen LogP contribution in [0.4, 0.5) is 0 Å². The quantitative estimate of drug-likeness (QED) is 0.535. The van der Waals surface area contributed by atoms with Crippen LogP contribution >= 0.6 is 0 Å². The number of esters is 1. The molecule has 3 aliphatic rings. The number of ether oxygens (including phenoxy) is 1. The Morgan fingerprint density at radius 2 is 1.76 bits per heavy atom. The summed E-state index contributed by atoms with van der Waals surface area (Å²) in [7, 11) is 0. The van der Waals surface area contributed by atoms with E-state index in [1.165, 1.54) is 51.0 Å². The van der Waals surface area contributed by atoms with Crippen molar-refractivity contribution in [1.82, 2.24) is 0 Å². The number of carbonyl (C=O) groups is 1. The van der Waals surface area contributed by atoms with E-state index in [4.69, 9.17) is 4.74 Å². The number of carbonyl (C=O) groups excluding carboxylic acids is 1. The molecule has 0 aromatic carbocycles. The first-order valence-corrected chi connectivity index (χ1v) is 7.09. The van der Waals surface area contributed by atoms with E-state index in [0.29, 0.717) is 0 Å². The summed E-state index contributed by atoms with van der Waals surface area (Å²) in [5.74, 6) is 0.643. The maximum absolute atomic E-state index is 11.5. The highest BCUT2D eigenvalue weighted by Gasteiger charge is 2.38. The van der Waals surface area contributed by atoms with Crippen LogP contribution in [-0.2, 0) is 9.53 Å². The Labute approximate surface area is 104 Å². The molecular formula is C15H24O2. The Bertz CT molecular complexity index is 269. The van der Waals surface area contributed by atoms with Crippen LogP contribution in [0.15, 0.2) is 12.7 Å². The van der Waals surface area contributed by atoms with E-state index in [2.05, 4.69) is 6.58 Å². The van der Waals surface area contributed by atoms with Gasteiger partial charge >= 0.3 is 5.97 Å². The van der Waals surface area contributed by atoms with Crippen molar-refractivity contribution in [2.45, 2.75) is 69.8 Å². The Kier molecular flexibility index (Phi) is 4.25. The van der Waals surface area contributed by atoms with Crippen LogP contribution in [0.1, 0.15) is 64.2 Å². The summed E-state index contributed by atoms with van der Waals surface area (Å²) in [4.78, 5) is 11.5. The van der Waals surface area contributed by atoms with Crippen molar-refractivity contribution in [2.75, 3.05) is 0 Å². The topological polar surface area (TPSA) is 26.3 Å². The van der Waals surface area contributed by atoms with Crippen LogP contribution in [0, 0.1) is 5.92 Å². The lowest BCUT2D eigenvalue weighted by atomic mass is 9.73. The highest BCUT2D eigenvalue weighted by molar-refractivity contribution is 5.81. The van der Waals surface area contributed by atoms with E-state index in [1.807, 2.05) is 0 Å². The molecule has 3 fully saturated rings. The number of hydrogen-bond acceptors (Lipinski definition) is 2. The minimum atomic E-state index is -0.236. The Hall–Kier alpha value is -0.790. The lowest BCUT2D eigenvalue weighted by molar-refractivity contribution is -0.159. The van der Waals surface area contributed by atoms with Crippen LogP contribution in [0.2, 0.25) is 0 Å². The van der Waals surface area contributed by atoms with Crippen molar-refractivity contribution in [3.05, 3.63) is 12.7 Å². The molecule has 17 heavy (non-hydrogen) atoms. The molecule has 2 nitrogen and oxygen atoms in total. The summed E-state index contributed by atoms with van der Waals surface area (Å²) in [5, 5.41) is 0. The van der Waals surface area contributed by atoms with Gasteiger partial charge < -0.3 is 4.74 Å². The summed E-state index contributed by atoms with van der Waals surface area (Å²) in [6, 6.07) is 0. The third-order valence-electron chi connectivity index (χ3n) is 4.49. The molecule has 0 N–H and O–H groups in total. The summed E-state index contributed by atoms with van der Waals surface area (Å²) in [5.41, 5.74) is -0.154. The molecule has 3 saturated carbocycles. The average Bonchev–Trinajstić information content (AvgIpc) is 2.37. The van der Waals surface area contributed by atoms with Gasteiger partial charge in [0.2, 0.25) is 0 Å². The van der Waals surface area contributed by atoms with E-state index >= 15 is 0 Å². The van der Waals surface area contributed by atoms with Crippen molar-refractivity contribution in [2.24, 2.45) is 5.92 Å². The van der Waals surface area contributed by atoms with Crippen molar-refractivity contribution >= 4 is 5.97 Å². The molecule has 0 radical (unpaired) electrons. The highest BCUT2D eigenvalue weighted by atomic mass is 16.6. The standard InChI is InChI=1S/C15H24O2/c1-2-14(16)17-15-10-6-4-3-5-7-13(8-11-15)9-12-15/h2,13H,1,3-12H2. The zero-order chi connectivity index (χ0) is 12.1. The predicted molar refractivity (Wildman–Crippen MR) is 68.7 cm³/mol. The predicted octanol–water partition coefficient (Wildman–Crippen LogP) is 4.00. The van der Waals surface area contributed by atoms with E-state index in [9.17, 15) is 4.79 Å². The van der Waals surface area contributed by atoms with Crippen molar-refractivity contribution in [1.29, 1.82) is 0 Å². The van der Waals surface area contributed by atoms with Gasteiger partial charge in [0.15, 0.2) is 0 Å². The molecule has 2 bridgehead atoms. The van der Waals surface area contributed by atoms with Gasteiger partial charge in [-0.1, -0.05) is 32.3 Å². The van der Waals surface area contributed by atoms with Gasteiger partial charge in [0.05, 0.1) is 0 Å². The first-order chi connectivity index (χ1) is 8.24. The first kappa shape index (κ1) is 12.7. The second-order valence-corrected chi connectivity index (χ2v) is 5.70. The van der Waals surface area contributed by atoms with Crippen molar-refractivity contribution in [3.8, 4) is 0 Å².